The van der Waals surface area contributed by atoms with Gasteiger partial charge in [0.25, 0.3) is 0 Å². The molecule has 0 aliphatic heterocycles. The number of hydrogen-bond donors (Lipinski definition) is 1. The summed E-state index contributed by atoms with van der Waals surface area (Å²) in [6.07, 6.45) is 17.0. The maximum atomic E-state index is 4.45. The Balaban J connectivity index is 1.79. The van der Waals surface area contributed by atoms with E-state index in [9.17, 15) is 0 Å². The highest BCUT2D eigenvalue weighted by molar-refractivity contribution is 5.09. The van der Waals surface area contributed by atoms with E-state index in [2.05, 4.69) is 18.8 Å². The average molecular weight is 263 g/mol. The molecule has 2 aliphatic carbocycles. The molecule has 1 heteroatoms. The molecule has 0 heterocycles. The molecule has 0 aromatic carbocycles. The fraction of sp³-hybridized carbons (Fsp3) is 0.889. The largest absolute Gasteiger partial charge is 0.308 e. The lowest BCUT2D eigenvalue weighted by atomic mass is 9.83. The Labute approximate surface area is 120 Å². The minimum absolute atomic E-state index is 0.521. The van der Waals surface area contributed by atoms with Crippen molar-refractivity contribution >= 4 is 0 Å². The van der Waals surface area contributed by atoms with Gasteiger partial charge in [-0.3, -0.25) is 0 Å². The fourth-order valence-electron chi connectivity index (χ4n) is 3.91. The van der Waals surface area contributed by atoms with Crippen LogP contribution in [0.1, 0.15) is 84.0 Å². The Morgan fingerprint density at radius 2 is 1.32 bits per heavy atom. The van der Waals surface area contributed by atoms with Crippen LogP contribution in [0.2, 0.25) is 0 Å². The predicted molar refractivity (Wildman–Crippen MR) is 84.4 cm³/mol. The van der Waals surface area contributed by atoms with Gasteiger partial charge < -0.3 is 5.32 Å². The minimum atomic E-state index is 0.521. The van der Waals surface area contributed by atoms with Crippen LogP contribution in [-0.2, 0) is 0 Å². The molecule has 0 spiro atoms. The van der Waals surface area contributed by atoms with E-state index in [1.165, 1.54) is 82.6 Å². The van der Waals surface area contributed by atoms with E-state index in [1.807, 2.05) is 0 Å². The monoisotopic (exact) mass is 263 g/mol. The highest BCUT2D eigenvalue weighted by Crippen LogP contribution is 2.29. The Hall–Kier alpha value is -0.300. The molecule has 2 fully saturated rings. The summed E-state index contributed by atoms with van der Waals surface area (Å²) in [6.45, 7) is 6.80. The van der Waals surface area contributed by atoms with Crippen LogP contribution in [0.15, 0.2) is 12.2 Å². The molecule has 0 saturated heterocycles. The molecule has 1 nitrogen and oxygen atoms in total. The average Bonchev–Trinajstić information content (AvgIpc) is 2.39. The molecule has 0 aromatic heterocycles. The van der Waals surface area contributed by atoms with Gasteiger partial charge in [-0.2, -0.15) is 0 Å². The molecule has 19 heavy (non-hydrogen) atoms. The van der Waals surface area contributed by atoms with E-state index in [0.717, 1.165) is 12.0 Å². The molecule has 1 N–H and O–H groups in total. The number of nitrogens with one attached hydrogen (secondary N) is 1. The van der Waals surface area contributed by atoms with Crippen molar-refractivity contribution in [2.24, 2.45) is 5.92 Å². The lowest BCUT2D eigenvalue weighted by Gasteiger charge is -2.31. The first-order valence-corrected chi connectivity index (χ1v) is 8.72. The molecular weight excluding hydrogens is 230 g/mol. The molecule has 0 amide bonds. The summed E-state index contributed by atoms with van der Waals surface area (Å²) >= 11 is 0. The lowest BCUT2D eigenvalue weighted by Crippen LogP contribution is -2.40. The minimum Gasteiger partial charge on any atom is -0.308 e. The summed E-state index contributed by atoms with van der Waals surface area (Å²) < 4.78 is 0. The molecule has 110 valence electrons. The Kier molecular flexibility index (Phi) is 6.43. The zero-order chi connectivity index (χ0) is 13.5. The van der Waals surface area contributed by atoms with Crippen molar-refractivity contribution < 1.29 is 0 Å². The summed E-state index contributed by atoms with van der Waals surface area (Å²) in [5.41, 5.74) is 1.49. The quantitative estimate of drug-likeness (QED) is 0.686. The van der Waals surface area contributed by atoms with Gasteiger partial charge in [0, 0.05) is 12.1 Å². The van der Waals surface area contributed by atoms with Gasteiger partial charge >= 0.3 is 0 Å². The van der Waals surface area contributed by atoms with Gasteiger partial charge in [-0.05, 0) is 38.5 Å². The highest BCUT2D eigenvalue weighted by atomic mass is 14.9. The van der Waals surface area contributed by atoms with Crippen molar-refractivity contribution in [3.8, 4) is 0 Å². The summed E-state index contributed by atoms with van der Waals surface area (Å²) in [5.74, 6) is 0.784. The van der Waals surface area contributed by atoms with Gasteiger partial charge in [0.15, 0.2) is 0 Å². The molecule has 1 atom stereocenters. The smallest absolute Gasteiger partial charge is 0.0253 e. The summed E-state index contributed by atoms with van der Waals surface area (Å²) in [6, 6.07) is 1.28. The van der Waals surface area contributed by atoms with Crippen molar-refractivity contribution in [1.29, 1.82) is 0 Å². The van der Waals surface area contributed by atoms with Gasteiger partial charge in [-0.15, -0.1) is 0 Å². The van der Waals surface area contributed by atoms with Crippen LogP contribution in [0.25, 0.3) is 0 Å². The topological polar surface area (TPSA) is 12.0 Å². The van der Waals surface area contributed by atoms with Crippen molar-refractivity contribution in [2.75, 3.05) is 0 Å². The van der Waals surface area contributed by atoms with Crippen LogP contribution in [0, 0.1) is 5.92 Å². The number of hydrogen-bond acceptors (Lipinski definition) is 1. The molecule has 0 bridgehead atoms. The van der Waals surface area contributed by atoms with Crippen molar-refractivity contribution in [3.63, 3.8) is 0 Å². The van der Waals surface area contributed by atoms with E-state index in [0.29, 0.717) is 6.04 Å². The maximum absolute atomic E-state index is 4.45. The second-order valence-corrected chi connectivity index (χ2v) is 6.84. The Morgan fingerprint density at radius 1 is 0.842 bits per heavy atom. The molecule has 2 rings (SSSR count). The van der Waals surface area contributed by atoms with Crippen LogP contribution in [0.4, 0.5) is 0 Å². The summed E-state index contributed by atoms with van der Waals surface area (Å²) in [5, 5.41) is 3.85. The highest BCUT2D eigenvalue weighted by Gasteiger charge is 2.21. The van der Waals surface area contributed by atoms with Crippen molar-refractivity contribution in [3.05, 3.63) is 12.2 Å². The third kappa shape index (κ3) is 4.95. The SMILES string of the molecule is C=C(C1CCCCCCC1)C(C)NC1CCCCC1. The van der Waals surface area contributed by atoms with E-state index in [1.54, 1.807) is 0 Å². The first-order chi connectivity index (χ1) is 9.27. The summed E-state index contributed by atoms with van der Waals surface area (Å²) in [7, 11) is 0. The van der Waals surface area contributed by atoms with Gasteiger partial charge in [-0.25, -0.2) is 0 Å². The van der Waals surface area contributed by atoms with E-state index < -0.39 is 0 Å². The zero-order valence-corrected chi connectivity index (χ0v) is 12.9. The first-order valence-electron chi connectivity index (χ1n) is 8.72. The second-order valence-electron chi connectivity index (χ2n) is 6.84. The number of rotatable bonds is 4. The van der Waals surface area contributed by atoms with Gasteiger partial charge in [0.2, 0.25) is 0 Å². The van der Waals surface area contributed by atoms with E-state index >= 15 is 0 Å². The molecule has 1 unspecified atom stereocenters. The Morgan fingerprint density at radius 3 is 1.95 bits per heavy atom. The molecule has 0 aromatic rings. The molecule has 2 saturated carbocycles. The van der Waals surface area contributed by atoms with Crippen LogP contribution in [0.5, 0.6) is 0 Å². The van der Waals surface area contributed by atoms with Gasteiger partial charge in [0.1, 0.15) is 0 Å². The zero-order valence-electron chi connectivity index (χ0n) is 12.9. The van der Waals surface area contributed by atoms with Crippen LogP contribution in [-0.4, -0.2) is 12.1 Å². The first kappa shape index (κ1) is 15.1. The second kappa shape index (κ2) is 8.09. The third-order valence-electron chi connectivity index (χ3n) is 5.28. The van der Waals surface area contributed by atoms with E-state index in [-0.39, 0.29) is 0 Å². The van der Waals surface area contributed by atoms with Crippen LogP contribution in [0.3, 0.4) is 0 Å². The Bertz CT molecular complexity index is 257. The predicted octanol–water partition coefficient (Wildman–Crippen LogP) is 5.21. The fourth-order valence-corrected chi connectivity index (χ4v) is 3.91. The molecule has 2 aliphatic rings. The van der Waals surface area contributed by atoms with E-state index in [4.69, 9.17) is 0 Å². The lowest BCUT2D eigenvalue weighted by molar-refractivity contribution is 0.336. The van der Waals surface area contributed by atoms with Crippen LogP contribution < -0.4 is 5.32 Å². The van der Waals surface area contributed by atoms with Crippen molar-refractivity contribution in [1.82, 2.24) is 5.32 Å². The summed E-state index contributed by atoms with van der Waals surface area (Å²) in [4.78, 5) is 0. The molecule has 0 radical (unpaired) electrons. The van der Waals surface area contributed by atoms with Gasteiger partial charge in [-0.1, -0.05) is 63.5 Å². The maximum Gasteiger partial charge on any atom is 0.0253 e. The standard InChI is InChI=1S/C18H33N/c1-15(17-11-7-4-3-5-8-12-17)16(2)19-18-13-9-6-10-14-18/h16-19H,1,3-14H2,2H3. The van der Waals surface area contributed by atoms with Crippen LogP contribution >= 0.6 is 0 Å². The molecular formula is C18H33N. The third-order valence-corrected chi connectivity index (χ3v) is 5.28. The van der Waals surface area contributed by atoms with Crippen molar-refractivity contribution in [2.45, 2.75) is 96.1 Å². The normalized spacial score (nSPS) is 25.5. The van der Waals surface area contributed by atoms with Gasteiger partial charge in [0.05, 0.1) is 0 Å².